The van der Waals surface area contributed by atoms with Crippen LogP contribution in [-0.2, 0) is 0 Å². The Kier molecular flexibility index (Phi) is 3.78. The van der Waals surface area contributed by atoms with Gasteiger partial charge < -0.3 is 14.7 Å². The number of aromatic nitrogens is 1. The highest BCUT2D eigenvalue weighted by atomic mass is 16.5. The summed E-state index contributed by atoms with van der Waals surface area (Å²) >= 11 is 0. The third-order valence-electron chi connectivity index (χ3n) is 3.18. The first-order chi connectivity index (χ1) is 8.20. The van der Waals surface area contributed by atoms with Crippen LogP contribution in [0.2, 0.25) is 0 Å². The first kappa shape index (κ1) is 12.1. The molecule has 0 saturated carbocycles. The average Bonchev–Trinajstić information content (AvgIpc) is 2.64. The zero-order chi connectivity index (χ0) is 12.3. The van der Waals surface area contributed by atoms with Crippen molar-refractivity contribution in [3.8, 4) is 0 Å². The number of carbonyl (C=O) groups is 1. The van der Waals surface area contributed by atoms with Crippen molar-refractivity contribution in [1.29, 1.82) is 0 Å². The van der Waals surface area contributed by atoms with E-state index in [0.717, 1.165) is 32.6 Å². The van der Waals surface area contributed by atoms with E-state index < -0.39 is 0 Å². The summed E-state index contributed by atoms with van der Waals surface area (Å²) < 4.78 is 4.95. The second-order valence-electron chi connectivity index (χ2n) is 4.55. The average molecular weight is 237 g/mol. The van der Waals surface area contributed by atoms with E-state index in [2.05, 4.69) is 17.4 Å². The number of nitrogens with zero attached hydrogens (tertiary/aromatic N) is 2. The molecule has 1 unspecified atom stereocenters. The van der Waals surface area contributed by atoms with Crippen LogP contribution in [-0.4, -0.2) is 42.1 Å². The third-order valence-corrected chi connectivity index (χ3v) is 3.18. The molecule has 5 nitrogen and oxygen atoms in total. The van der Waals surface area contributed by atoms with Crippen LogP contribution in [0.5, 0.6) is 0 Å². The van der Waals surface area contributed by atoms with Crippen LogP contribution in [0.3, 0.4) is 0 Å². The van der Waals surface area contributed by atoms with E-state index >= 15 is 0 Å². The molecule has 2 heterocycles. The van der Waals surface area contributed by atoms with Gasteiger partial charge >= 0.3 is 0 Å². The highest BCUT2D eigenvalue weighted by Gasteiger charge is 2.23. The quantitative estimate of drug-likeness (QED) is 0.835. The van der Waals surface area contributed by atoms with Gasteiger partial charge in [0.15, 0.2) is 5.69 Å². The van der Waals surface area contributed by atoms with E-state index in [1.165, 1.54) is 0 Å². The van der Waals surface area contributed by atoms with Gasteiger partial charge in [-0.25, -0.2) is 0 Å². The lowest BCUT2D eigenvalue weighted by atomic mass is 10.1. The molecule has 5 heteroatoms. The van der Waals surface area contributed by atoms with E-state index in [0.29, 0.717) is 17.4 Å². The molecule has 1 aliphatic heterocycles. The Balaban J connectivity index is 2.07. The molecule has 0 aromatic carbocycles. The van der Waals surface area contributed by atoms with Crippen molar-refractivity contribution in [2.24, 2.45) is 5.92 Å². The van der Waals surface area contributed by atoms with E-state index in [-0.39, 0.29) is 5.91 Å². The minimum Gasteiger partial charge on any atom is -0.361 e. The molecule has 1 amide bonds. The van der Waals surface area contributed by atoms with Gasteiger partial charge in [0, 0.05) is 25.7 Å². The van der Waals surface area contributed by atoms with E-state index in [1.54, 1.807) is 13.0 Å². The molecule has 1 aromatic heterocycles. The monoisotopic (exact) mass is 237 g/mol. The first-order valence-electron chi connectivity index (χ1n) is 6.14. The summed E-state index contributed by atoms with van der Waals surface area (Å²) in [5.41, 5.74) is 0.416. The highest BCUT2D eigenvalue weighted by molar-refractivity contribution is 5.92. The predicted octanol–water partition coefficient (Wildman–Crippen LogP) is 1.05. The van der Waals surface area contributed by atoms with E-state index in [4.69, 9.17) is 4.52 Å². The number of amides is 1. The highest BCUT2D eigenvalue weighted by Crippen LogP contribution is 2.11. The van der Waals surface area contributed by atoms with Crippen LogP contribution in [0.4, 0.5) is 0 Å². The standard InChI is InChI=1S/C12H19N3O2/c1-3-10-7-13-4-5-15(8-10)12(16)11-6-9(2)17-14-11/h6,10,13H,3-5,7-8H2,1-2H3. The SMILES string of the molecule is CCC1CNCCN(C(=O)c2cc(C)on2)C1. The van der Waals surface area contributed by atoms with Crippen LogP contribution in [0.15, 0.2) is 10.6 Å². The number of carbonyl (C=O) groups excluding carboxylic acids is 1. The number of hydrogen-bond donors (Lipinski definition) is 1. The molecule has 2 rings (SSSR count). The van der Waals surface area contributed by atoms with Crippen molar-refractivity contribution in [3.05, 3.63) is 17.5 Å². The molecule has 1 N–H and O–H groups in total. The van der Waals surface area contributed by atoms with Crippen LogP contribution in [0.25, 0.3) is 0 Å². The summed E-state index contributed by atoms with van der Waals surface area (Å²) in [4.78, 5) is 14.1. The summed E-state index contributed by atoms with van der Waals surface area (Å²) in [6, 6.07) is 1.70. The molecular weight excluding hydrogens is 218 g/mol. The van der Waals surface area contributed by atoms with Crippen molar-refractivity contribution in [1.82, 2.24) is 15.4 Å². The Morgan fingerprint density at radius 2 is 2.53 bits per heavy atom. The minimum atomic E-state index is -0.0241. The summed E-state index contributed by atoms with van der Waals surface area (Å²) in [5, 5.41) is 7.14. The maximum atomic E-state index is 12.2. The molecule has 0 radical (unpaired) electrons. The Morgan fingerprint density at radius 3 is 3.18 bits per heavy atom. The van der Waals surface area contributed by atoms with Gasteiger partial charge in [-0.05, 0) is 19.4 Å². The van der Waals surface area contributed by atoms with Gasteiger partial charge in [-0.3, -0.25) is 4.79 Å². The maximum absolute atomic E-state index is 12.2. The first-order valence-corrected chi connectivity index (χ1v) is 6.14. The number of rotatable bonds is 2. The summed E-state index contributed by atoms with van der Waals surface area (Å²) in [6.45, 7) is 7.32. The largest absolute Gasteiger partial charge is 0.361 e. The zero-order valence-corrected chi connectivity index (χ0v) is 10.4. The molecule has 94 valence electrons. The smallest absolute Gasteiger partial charge is 0.276 e. The lowest BCUT2D eigenvalue weighted by Gasteiger charge is -2.22. The van der Waals surface area contributed by atoms with E-state index in [9.17, 15) is 4.79 Å². The molecule has 1 saturated heterocycles. The summed E-state index contributed by atoms with van der Waals surface area (Å²) in [5.74, 6) is 1.17. The molecular formula is C12H19N3O2. The fraction of sp³-hybridized carbons (Fsp3) is 0.667. The topological polar surface area (TPSA) is 58.4 Å². The van der Waals surface area contributed by atoms with Crippen molar-refractivity contribution in [2.75, 3.05) is 26.2 Å². The third kappa shape index (κ3) is 2.85. The molecule has 1 atom stereocenters. The van der Waals surface area contributed by atoms with Gasteiger partial charge in [0.25, 0.3) is 5.91 Å². The van der Waals surface area contributed by atoms with E-state index in [1.807, 2.05) is 4.90 Å². The molecule has 0 spiro atoms. The van der Waals surface area contributed by atoms with Gasteiger partial charge in [-0.2, -0.15) is 0 Å². The van der Waals surface area contributed by atoms with Gasteiger partial charge in [0.1, 0.15) is 5.76 Å². The lowest BCUT2D eigenvalue weighted by Crippen LogP contribution is -2.36. The minimum absolute atomic E-state index is 0.0241. The van der Waals surface area contributed by atoms with Crippen LogP contribution < -0.4 is 5.32 Å². The zero-order valence-electron chi connectivity index (χ0n) is 10.4. The Bertz CT molecular complexity index is 389. The maximum Gasteiger partial charge on any atom is 0.276 e. The number of hydrogen-bond acceptors (Lipinski definition) is 4. The second kappa shape index (κ2) is 5.31. The molecule has 1 fully saturated rings. The summed E-state index contributed by atoms with van der Waals surface area (Å²) in [6.07, 6.45) is 1.08. The fourth-order valence-corrected chi connectivity index (χ4v) is 2.07. The normalized spacial score (nSPS) is 21.3. The Morgan fingerprint density at radius 1 is 1.71 bits per heavy atom. The molecule has 1 aliphatic rings. The van der Waals surface area contributed by atoms with Crippen LogP contribution in [0, 0.1) is 12.8 Å². The van der Waals surface area contributed by atoms with Gasteiger partial charge in [0.05, 0.1) is 0 Å². The predicted molar refractivity (Wildman–Crippen MR) is 63.8 cm³/mol. The van der Waals surface area contributed by atoms with Crippen LogP contribution >= 0.6 is 0 Å². The van der Waals surface area contributed by atoms with Gasteiger partial charge in [-0.15, -0.1) is 0 Å². The Labute approximate surface area is 101 Å². The summed E-state index contributed by atoms with van der Waals surface area (Å²) in [7, 11) is 0. The fourth-order valence-electron chi connectivity index (χ4n) is 2.07. The van der Waals surface area contributed by atoms with Crippen molar-refractivity contribution < 1.29 is 9.32 Å². The second-order valence-corrected chi connectivity index (χ2v) is 4.55. The van der Waals surface area contributed by atoms with Crippen molar-refractivity contribution >= 4 is 5.91 Å². The van der Waals surface area contributed by atoms with Gasteiger partial charge in [0.2, 0.25) is 0 Å². The van der Waals surface area contributed by atoms with Crippen LogP contribution in [0.1, 0.15) is 29.6 Å². The Hall–Kier alpha value is -1.36. The molecule has 0 aliphatic carbocycles. The molecule has 1 aromatic rings. The molecule has 17 heavy (non-hydrogen) atoms. The molecule has 0 bridgehead atoms. The lowest BCUT2D eigenvalue weighted by molar-refractivity contribution is 0.0736. The van der Waals surface area contributed by atoms with Gasteiger partial charge in [-0.1, -0.05) is 18.5 Å². The number of nitrogens with one attached hydrogen (secondary N) is 1. The number of aryl methyl sites for hydroxylation is 1. The van der Waals surface area contributed by atoms with Crippen molar-refractivity contribution in [3.63, 3.8) is 0 Å². The van der Waals surface area contributed by atoms with Crippen molar-refractivity contribution in [2.45, 2.75) is 20.3 Å².